The van der Waals surface area contributed by atoms with E-state index in [1.165, 1.54) is 24.3 Å². The number of halogens is 3. The smallest absolute Gasteiger partial charge is 0.449 e. The maximum atomic E-state index is 14.0. The van der Waals surface area contributed by atoms with E-state index in [1.807, 2.05) is 0 Å². The van der Waals surface area contributed by atoms with Gasteiger partial charge in [-0.1, -0.05) is 72.8 Å². The maximum absolute atomic E-state index is 14.0. The number of alkyl halides is 3. The van der Waals surface area contributed by atoms with Gasteiger partial charge in [-0.05, 0) is 52.4 Å². The lowest BCUT2D eigenvalue weighted by Crippen LogP contribution is -2.30. The quantitative estimate of drug-likeness (QED) is 0.188. The van der Waals surface area contributed by atoms with Crippen LogP contribution in [0.25, 0.3) is 21.9 Å². The molecule has 0 spiro atoms. The molecule has 13 heteroatoms. The summed E-state index contributed by atoms with van der Waals surface area (Å²) in [6.07, 6.45) is -4.74. The highest BCUT2D eigenvalue weighted by atomic mass is 32.2. The topological polar surface area (TPSA) is 122 Å². The molecule has 228 valence electrons. The molecule has 0 amide bonds. The second kappa shape index (κ2) is 11.9. The van der Waals surface area contributed by atoms with Crippen LogP contribution in [0.3, 0.4) is 0 Å². The summed E-state index contributed by atoms with van der Waals surface area (Å²) in [6.45, 7) is -0.701. The second-order valence-electron chi connectivity index (χ2n) is 9.89. The highest BCUT2D eigenvalue weighted by Crippen LogP contribution is 2.33. The van der Waals surface area contributed by atoms with E-state index in [0.717, 1.165) is 16.4 Å². The zero-order valence-electron chi connectivity index (χ0n) is 22.7. The third kappa shape index (κ3) is 6.69. The molecule has 8 nitrogen and oxygen atoms in total. The van der Waals surface area contributed by atoms with Crippen LogP contribution in [0.5, 0.6) is 0 Å². The molecule has 0 saturated carbocycles. The summed E-state index contributed by atoms with van der Waals surface area (Å²) >= 11 is 0. The Morgan fingerprint density at radius 1 is 0.773 bits per heavy atom. The fraction of sp³-hybridized carbons (Fsp3) is 0.129. The molecule has 0 fully saturated rings. The largest absolute Gasteiger partial charge is 0.480 e. The van der Waals surface area contributed by atoms with E-state index in [-0.39, 0.29) is 22.1 Å². The average Bonchev–Trinajstić information content (AvgIpc) is 3.46. The van der Waals surface area contributed by atoms with Gasteiger partial charge in [-0.3, -0.25) is 4.79 Å². The second-order valence-corrected chi connectivity index (χ2v) is 13.8. The molecule has 0 saturated heterocycles. The van der Waals surface area contributed by atoms with Gasteiger partial charge >= 0.3 is 12.1 Å². The summed E-state index contributed by atoms with van der Waals surface area (Å²) < 4.78 is 98.4. The van der Waals surface area contributed by atoms with E-state index in [4.69, 9.17) is 9.52 Å². The van der Waals surface area contributed by atoms with E-state index in [2.05, 4.69) is 0 Å². The predicted octanol–water partition coefficient (Wildman–Crippen LogP) is 6.37. The molecule has 1 aromatic heterocycles. The molecule has 0 bridgehead atoms. The van der Waals surface area contributed by atoms with Gasteiger partial charge in [0.15, 0.2) is 15.6 Å². The number of carbonyl (C=O) groups is 1. The van der Waals surface area contributed by atoms with E-state index >= 15 is 0 Å². The van der Waals surface area contributed by atoms with Crippen molar-refractivity contribution < 1.29 is 44.3 Å². The Morgan fingerprint density at radius 2 is 1.45 bits per heavy atom. The van der Waals surface area contributed by atoms with Gasteiger partial charge in [0.05, 0.1) is 16.3 Å². The monoisotopic (exact) mass is 643 g/mol. The zero-order chi connectivity index (χ0) is 31.7. The van der Waals surface area contributed by atoms with E-state index in [1.54, 1.807) is 66.7 Å². The van der Waals surface area contributed by atoms with Gasteiger partial charge in [0.2, 0.25) is 15.8 Å². The molecule has 0 unspecified atom stereocenters. The average molecular weight is 644 g/mol. The first kappa shape index (κ1) is 31.0. The van der Waals surface area contributed by atoms with Crippen molar-refractivity contribution in [2.24, 2.45) is 0 Å². The first-order chi connectivity index (χ1) is 20.7. The predicted molar refractivity (Wildman–Crippen MR) is 156 cm³/mol. The molecule has 1 N–H and O–H groups in total. The lowest BCUT2D eigenvalue weighted by atomic mass is 10.0. The number of carboxylic acid groups (broad SMARTS) is 1. The summed E-state index contributed by atoms with van der Waals surface area (Å²) in [4.78, 5) is 10.8. The number of hydrogen-bond donors (Lipinski definition) is 1. The van der Waals surface area contributed by atoms with Gasteiger partial charge in [-0.2, -0.15) is 17.5 Å². The SMILES string of the molecule is O=C(O)CS(=O)(=O)c1cccc(-c2ccc(CN(Cc3ccc(C(F)(F)F)o3)S(=O)(=O)c3cccc4ccccc34)cc2)c1. The van der Waals surface area contributed by atoms with Crippen LogP contribution < -0.4 is 0 Å². The highest BCUT2D eigenvalue weighted by molar-refractivity contribution is 7.92. The lowest BCUT2D eigenvalue weighted by molar-refractivity contribution is -0.153. The molecule has 0 aliphatic carbocycles. The third-order valence-electron chi connectivity index (χ3n) is 6.79. The summed E-state index contributed by atoms with van der Waals surface area (Å²) in [5, 5.41) is 10.0. The molecule has 0 aliphatic heterocycles. The van der Waals surface area contributed by atoms with Gasteiger partial charge < -0.3 is 9.52 Å². The molecular formula is C31H24F3NO7S2. The minimum absolute atomic E-state index is 0.0193. The molecule has 4 aromatic carbocycles. The van der Waals surface area contributed by atoms with Crippen molar-refractivity contribution in [3.05, 3.63) is 120 Å². The van der Waals surface area contributed by atoms with Crippen molar-refractivity contribution in [2.45, 2.75) is 29.1 Å². The molecule has 0 aliphatic rings. The summed E-state index contributed by atoms with van der Waals surface area (Å²) in [5.41, 5.74) is 1.55. The number of benzene rings is 4. The molecule has 0 atom stereocenters. The van der Waals surface area contributed by atoms with Crippen molar-refractivity contribution in [1.29, 1.82) is 0 Å². The van der Waals surface area contributed by atoms with Crippen LogP contribution in [0.1, 0.15) is 17.1 Å². The Kier molecular flexibility index (Phi) is 8.38. The van der Waals surface area contributed by atoms with Gasteiger partial charge in [0.25, 0.3) is 0 Å². The molecule has 5 aromatic rings. The Balaban J connectivity index is 1.48. The number of furan rings is 1. The molecule has 5 rings (SSSR count). The highest BCUT2D eigenvalue weighted by Gasteiger charge is 2.35. The molecule has 0 radical (unpaired) electrons. The number of hydrogen-bond acceptors (Lipinski definition) is 6. The summed E-state index contributed by atoms with van der Waals surface area (Å²) in [5.74, 6) is -3.98. The number of carboxylic acids is 1. The number of sulfone groups is 1. The van der Waals surface area contributed by atoms with Crippen LogP contribution in [-0.4, -0.2) is 38.0 Å². The van der Waals surface area contributed by atoms with Crippen molar-refractivity contribution in [3.63, 3.8) is 0 Å². The third-order valence-corrected chi connectivity index (χ3v) is 10.2. The molecular weight excluding hydrogens is 619 g/mol. The number of fused-ring (bicyclic) bond motifs is 1. The van der Waals surface area contributed by atoms with E-state index in [9.17, 15) is 34.8 Å². The van der Waals surface area contributed by atoms with E-state index in [0.29, 0.717) is 27.5 Å². The Bertz CT molecular complexity index is 2050. The summed E-state index contributed by atoms with van der Waals surface area (Å²) in [7, 11) is -8.33. The zero-order valence-corrected chi connectivity index (χ0v) is 24.4. The van der Waals surface area contributed by atoms with Gasteiger partial charge in [-0.25, -0.2) is 16.8 Å². The molecule has 44 heavy (non-hydrogen) atoms. The van der Waals surface area contributed by atoms with Crippen molar-refractivity contribution in [3.8, 4) is 11.1 Å². The Morgan fingerprint density at radius 3 is 2.14 bits per heavy atom. The van der Waals surface area contributed by atoms with Crippen LogP contribution in [0.4, 0.5) is 13.2 Å². The van der Waals surface area contributed by atoms with Gasteiger partial charge in [0, 0.05) is 11.9 Å². The molecule has 1 heterocycles. The first-order valence-corrected chi connectivity index (χ1v) is 16.1. The fourth-order valence-electron chi connectivity index (χ4n) is 4.70. The number of nitrogens with zero attached hydrogens (tertiary/aromatic N) is 1. The van der Waals surface area contributed by atoms with Crippen molar-refractivity contribution >= 4 is 36.6 Å². The van der Waals surface area contributed by atoms with Crippen LogP contribution in [0.15, 0.2) is 117 Å². The minimum Gasteiger partial charge on any atom is -0.480 e. The van der Waals surface area contributed by atoms with E-state index < -0.39 is 50.1 Å². The lowest BCUT2D eigenvalue weighted by Gasteiger charge is -2.22. The number of aliphatic carboxylic acids is 1. The normalized spacial score (nSPS) is 12.5. The maximum Gasteiger partial charge on any atom is 0.449 e. The van der Waals surface area contributed by atoms with Gasteiger partial charge in [-0.15, -0.1) is 0 Å². The van der Waals surface area contributed by atoms with Gasteiger partial charge in [0.1, 0.15) is 5.76 Å². The number of sulfonamides is 1. The van der Waals surface area contributed by atoms with Crippen molar-refractivity contribution in [2.75, 3.05) is 5.75 Å². The summed E-state index contributed by atoms with van der Waals surface area (Å²) in [6, 6.07) is 25.7. The van der Waals surface area contributed by atoms with Crippen LogP contribution >= 0.6 is 0 Å². The van der Waals surface area contributed by atoms with Crippen LogP contribution in [-0.2, 0) is 43.9 Å². The van der Waals surface area contributed by atoms with Crippen molar-refractivity contribution in [1.82, 2.24) is 4.31 Å². The minimum atomic E-state index is -4.74. The first-order valence-electron chi connectivity index (χ1n) is 13.0. The fourth-order valence-corrected chi connectivity index (χ4v) is 7.39. The van der Waals surface area contributed by atoms with Crippen LogP contribution in [0, 0.1) is 0 Å². The number of rotatable bonds is 10. The standard InChI is InChI=1S/C31H24F3NO7S2/c32-31(33,34)29-16-15-25(42-29)19-35(44(40,41)28-10-4-6-23-5-1-2-9-27(23)28)18-21-11-13-22(14-12-21)24-7-3-8-26(17-24)43(38,39)20-30(36)37/h1-17H,18-20H2,(H,36,37). The van der Waals surface area contributed by atoms with Crippen LogP contribution in [0.2, 0.25) is 0 Å². The Hall–Kier alpha value is -4.46. The Labute approximate surface area is 251 Å².